The average Bonchev–Trinajstić information content (AvgIpc) is 2.86. The van der Waals surface area contributed by atoms with Crippen LogP contribution in [0.25, 0.3) is 0 Å². The second-order valence-electron chi connectivity index (χ2n) is 4.05. The fraction of sp³-hybridized carbons (Fsp3) is 0.400. The van der Waals surface area contributed by atoms with E-state index in [0.717, 1.165) is 0 Å². The van der Waals surface area contributed by atoms with Crippen LogP contribution in [0.4, 0.5) is 5.82 Å². The summed E-state index contributed by atoms with van der Waals surface area (Å²) in [6.07, 6.45) is 1.76. The van der Waals surface area contributed by atoms with Crippen molar-refractivity contribution >= 4 is 27.7 Å². The summed E-state index contributed by atoms with van der Waals surface area (Å²) in [5.74, 6) is -0.0638. The summed E-state index contributed by atoms with van der Waals surface area (Å²) in [5, 5.41) is 14.0. The highest BCUT2D eigenvalue weighted by molar-refractivity contribution is 9.10. The number of carbonyl (C=O) groups is 1. The molecule has 2 heterocycles. The van der Waals surface area contributed by atoms with Gasteiger partial charge in [-0.25, -0.2) is 4.63 Å². The highest BCUT2D eigenvalue weighted by Gasteiger charge is 2.18. The van der Waals surface area contributed by atoms with Gasteiger partial charge in [0, 0.05) is 12.2 Å². The van der Waals surface area contributed by atoms with E-state index in [4.69, 9.17) is 0 Å². The second kappa shape index (κ2) is 4.89. The number of rotatable bonds is 3. The van der Waals surface area contributed by atoms with E-state index in [-0.39, 0.29) is 11.9 Å². The fourth-order valence-electron chi connectivity index (χ4n) is 1.30. The lowest BCUT2D eigenvalue weighted by Crippen LogP contribution is -2.15. The van der Waals surface area contributed by atoms with Crippen molar-refractivity contribution in [1.82, 2.24) is 20.1 Å². The van der Waals surface area contributed by atoms with Gasteiger partial charge in [-0.3, -0.25) is 9.48 Å². The van der Waals surface area contributed by atoms with Crippen LogP contribution >= 0.6 is 15.9 Å². The van der Waals surface area contributed by atoms with Crippen LogP contribution in [0.3, 0.4) is 0 Å². The van der Waals surface area contributed by atoms with Gasteiger partial charge in [0.2, 0.25) is 5.82 Å². The number of halogens is 1. The van der Waals surface area contributed by atoms with E-state index in [1.54, 1.807) is 17.8 Å². The van der Waals surface area contributed by atoms with E-state index in [2.05, 4.69) is 41.3 Å². The number of nitrogens with zero attached hydrogens (tertiary/aromatic N) is 4. The monoisotopic (exact) mass is 313 g/mol. The molecular weight excluding hydrogens is 302 g/mol. The molecule has 0 bridgehead atoms. The van der Waals surface area contributed by atoms with E-state index in [1.165, 1.54) is 0 Å². The van der Waals surface area contributed by atoms with Gasteiger partial charge >= 0.3 is 0 Å². The molecule has 0 saturated carbocycles. The lowest BCUT2D eigenvalue weighted by atomic mass is 10.4. The lowest BCUT2D eigenvalue weighted by molar-refractivity contribution is 0.101. The molecule has 0 aliphatic carbocycles. The summed E-state index contributed by atoms with van der Waals surface area (Å²) in [7, 11) is 0. The molecule has 8 heteroatoms. The van der Waals surface area contributed by atoms with Crippen molar-refractivity contribution in [2.24, 2.45) is 0 Å². The summed E-state index contributed by atoms with van der Waals surface area (Å²) in [6, 6.07) is 0.179. The second-order valence-corrected chi connectivity index (χ2v) is 4.91. The summed E-state index contributed by atoms with van der Waals surface area (Å²) < 4.78 is 6.83. The first kappa shape index (κ1) is 12.7. The molecule has 96 valence electrons. The predicted molar refractivity (Wildman–Crippen MR) is 67.3 cm³/mol. The molecule has 18 heavy (non-hydrogen) atoms. The van der Waals surface area contributed by atoms with E-state index < -0.39 is 0 Å². The maximum atomic E-state index is 12.0. The molecule has 0 aliphatic rings. The molecule has 7 nitrogen and oxygen atoms in total. The quantitative estimate of drug-likeness (QED) is 0.938. The van der Waals surface area contributed by atoms with Crippen molar-refractivity contribution in [3.63, 3.8) is 0 Å². The van der Waals surface area contributed by atoms with Crippen molar-refractivity contribution in [2.45, 2.75) is 26.8 Å². The third kappa shape index (κ3) is 2.42. The third-order valence-corrected chi connectivity index (χ3v) is 2.90. The summed E-state index contributed by atoms with van der Waals surface area (Å²) >= 11 is 3.31. The Hall–Kier alpha value is -1.70. The van der Waals surface area contributed by atoms with Crippen molar-refractivity contribution in [2.75, 3.05) is 5.32 Å². The third-order valence-electron chi connectivity index (χ3n) is 2.32. The minimum atomic E-state index is -0.361. The molecule has 1 amide bonds. The first-order chi connectivity index (χ1) is 8.49. The molecule has 0 spiro atoms. The van der Waals surface area contributed by atoms with Gasteiger partial charge in [-0.2, -0.15) is 5.10 Å². The molecule has 2 aromatic rings. The first-order valence-corrected chi connectivity index (χ1v) is 6.13. The van der Waals surface area contributed by atoms with Crippen LogP contribution in [0.5, 0.6) is 0 Å². The Bertz CT molecular complexity index is 575. The Morgan fingerprint density at radius 3 is 2.72 bits per heavy atom. The van der Waals surface area contributed by atoms with Crippen molar-refractivity contribution in [3.05, 3.63) is 22.1 Å². The number of carbonyl (C=O) groups excluding carboxylic acids is 1. The van der Waals surface area contributed by atoms with Gasteiger partial charge < -0.3 is 5.32 Å². The molecule has 2 rings (SSSR count). The standard InChI is InChI=1S/C10H12BrN5O2/c1-5(2)16-4-7(11)8(13-16)10(17)12-9-6(3)14-18-15-9/h4-5H,1-3H3,(H,12,15,17). The zero-order valence-corrected chi connectivity index (χ0v) is 11.7. The lowest BCUT2D eigenvalue weighted by Gasteiger charge is -2.03. The van der Waals surface area contributed by atoms with Crippen molar-refractivity contribution < 1.29 is 9.42 Å². The molecule has 0 aliphatic heterocycles. The molecule has 1 N–H and O–H groups in total. The smallest absolute Gasteiger partial charge is 0.278 e. The topological polar surface area (TPSA) is 85.8 Å². The molecular formula is C10H12BrN5O2. The van der Waals surface area contributed by atoms with Gasteiger partial charge in [0.15, 0.2) is 5.69 Å². The molecule has 2 aromatic heterocycles. The van der Waals surface area contributed by atoms with Crippen LogP contribution in [0.2, 0.25) is 0 Å². The fourth-order valence-corrected chi connectivity index (χ4v) is 1.77. The number of aromatic nitrogens is 4. The van der Waals surface area contributed by atoms with Gasteiger partial charge in [-0.15, -0.1) is 0 Å². The highest BCUT2D eigenvalue weighted by atomic mass is 79.9. The number of hydrogen-bond acceptors (Lipinski definition) is 5. The molecule has 0 unspecified atom stereocenters. The Morgan fingerprint density at radius 1 is 1.50 bits per heavy atom. The SMILES string of the molecule is Cc1nonc1NC(=O)c1nn(C(C)C)cc1Br. The maximum absolute atomic E-state index is 12.0. The predicted octanol–water partition coefficient (Wildman–Crippen LogP) is 2.17. The van der Waals surface area contributed by atoms with Crippen LogP contribution in [-0.4, -0.2) is 26.0 Å². The Kier molecular flexibility index (Phi) is 3.46. The number of nitrogens with one attached hydrogen (secondary N) is 1. The average molecular weight is 314 g/mol. The zero-order chi connectivity index (χ0) is 13.3. The van der Waals surface area contributed by atoms with Crippen LogP contribution in [0, 0.1) is 6.92 Å². The van der Waals surface area contributed by atoms with Gasteiger partial charge in [0.05, 0.1) is 4.47 Å². The number of amides is 1. The first-order valence-electron chi connectivity index (χ1n) is 5.34. The van der Waals surface area contributed by atoms with Gasteiger partial charge in [-0.1, -0.05) is 5.16 Å². The summed E-state index contributed by atoms with van der Waals surface area (Å²) in [6.45, 7) is 5.65. The van der Waals surface area contributed by atoms with Gasteiger partial charge in [0.1, 0.15) is 5.69 Å². The van der Waals surface area contributed by atoms with E-state index in [0.29, 0.717) is 21.7 Å². The maximum Gasteiger partial charge on any atom is 0.278 e. The highest BCUT2D eigenvalue weighted by Crippen LogP contribution is 2.19. The normalized spacial score (nSPS) is 10.9. The Morgan fingerprint density at radius 2 is 2.22 bits per heavy atom. The minimum Gasteiger partial charge on any atom is -0.301 e. The Labute approximate surface area is 112 Å². The zero-order valence-electron chi connectivity index (χ0n) is 10.1. The van der Waals surface area contributed by atoms with Crippen LogP contribution in [0.15, 0.2) is 15.3 Å². The Balaban J connectivity index is 2.21. The van der Waals surface area contributed by atoms with Crippen molar-refractivity contribution in [3.8, 4) is 0 Å². The van der Waals surface area contributed by atoms with E-state index in [1.807, 2.05) is 13.8 Å². The number of anilines is 1. The van der Waals surface area contributed by atoms with Crippen LogP contribution < -0.4 is 5.32 Å². The molecule has 0 atom stereocenters. The summed E-state index contributed by atoms with van der Waals surface area (Å²) in [4.78, 5) is 12.0. The minimum absolute atomic E-state index is 0.179. The molecule has 0 fully saturated rings. The number of aryl methyl sites for hydroxylation is 1. The molecule has 0 radical (unpaired) electrons. The molecule has 0 aromatic carbocycles. The van der Waals surface area contributed by atoms with Crippen molar-refractivity contribution in [1.29, 1.82) is 0 Å². The summed E-state index contributed by atoms with van der Waals surface area (Å²) in [5.41, 5.74) is 0.814. The molecule has 0 saturated heterocycles. The van der Waals surface area contributed by atoms with Gasteiger partial charge in [-0.05, 0) is 41.9 Å². The van der Waals surface area contributed by atoms with E-state index >= 15 is 0 Å². The van der Waals surface area contributed by atoms with Crippen LogP contribution in [0.1, 0.15) is 36.1 Å². The largest absolute Gasteiger partial charge is 0.301 e. The van der Waals surface area contributed by atoms with Crippen LogP contribution in [-0.2, 0) is 0 Å². The number of hydrogen-bond donors (Lipinski definition) is 1. The van der Waals surface area contributed by atoms with Gasteiger partial charge in [0.25, 0.3) is 5.91 Å². The van der Waals surface area contributed by atoms with E-state index in [9.17, 15) is 4.79 Å².